The Morgan fingerprint density at radius 1 is 0.966 bits per heavy atom. The first-order chi connectivity index (χ1) is 13.9. The second-order valence-corrected chi connectivity index (χ2v) is 7.49. The highest BCUT2D eigenvalue weighted by molar-refractivity contribution is 6.21. The molecule has 0 atom stereocenters. The Bertz CT molecular complexity index is 988. The molecule has 2 aliphatic rings. The molecule has 0 aromatic heterocycles. The summed E-state index contributed by atoms with van der Waals surface area (Å²) in [6, 6.07) is 13.2. The number of hydrogen-bond acceptors (Lipinski definition) is 4. The third-order valence-electron chi connectivity index (χ3n) is 5.63. The largest absolute Gasteiger partial charge is 0.480 e. The van der Waals surface area contributed by atoms with Crippen LogP contribution in [0.3, 0.4) is 0 Å². The van der Waals surface area contributed by atoms with Gasteiger partial charge in [-0.3, -0.25) is 19.3 Å². The van der Waals surface area contributed by atoms with Gasteiger partial charge in [0.15, 0.2) is 0 Å². The molecule has 2 aromatic rings. The number of hydrogen-bond donors (Lipinski definition) is 2. The lowest BCUT2D eigenvalue weighted by molar-refractivity contribution is -0.144. The summed E-state index contributed by atoms with van der Waals surface area (Å²) in [5.41, 5.74) is 0.428. The monoisotopic (exact) mass is 392 g/mol. The van der Waals surface area contributed by atoms with E-state index in [1.165, 1.54) is 0 Å². The fourth-order valence-electron chi connectivity index (χ4n) is 4.04. The summed E-state index contributed by atoms with van der Waals surface area (Å²) < 4.78 is 0. The van der Waals surface area contributed by atoms with E-state index in [2.05, 4.69) is 5.32 Å². The fourth-order valence-corrected chi connectivity index (χ4v) is 4.04. The number of aliphatic carboxylic acids is 1. The minimum atomic E-state index is -1.23. The zero-order valence-electron chi connectivity index (χ0n) is 15.7. The van der Waals surface area contributed by atoms with Gasteiger partial charge in [-0.15, -0.1) is 0 Å². The number of carboxylic acids is 1. The van der Waals surface area contributed by atoms with Crippen LogP contribution < -0.4 is 5.32 Å². The van der Waals surface area contributed by atoms with Crippen molar-refractivity contribution in [2.24, 2.45) is 0 Å². The van der Waals surface area contributed by atoms with E-state index >= 15 is 0 Å². The molecule has 1 aliphatic carbocycles. The number of carbonyl (C=O) groups is 4. The predicted octanol–water partition coefficient (Wildman–Crippen LogP) is 2.61. The molecule has 0 spiro atoms. The zero-order valence-corrected chi connectivity index (χ0v) is 15.7. The fraction of sp³-hybridized carbons (Fsp3) is 0.273. The van der Waals surface area contributed by atoms with Crippen molar-refractivity contribution in [3.63, 3.8) is 0 Å². The lowest BCUT2D eigenvalue weighted by Gasteiger charge is -2.25. The first-order valence-electron chi connectivity index (χ1n) is 9.51. The first kappa shape index (κ1) is 18.9. The highest BCUT2D eigenvalue weighted by Crippen LogP contribution is 2.30. The lowest BCUT2D eigenvalue weighted by atomic mass is 9.97. The maximum Gasteiger partial charge on any atom is 0.329 e. The molecule has 1 saturated carbocycles. The first-order valence-corrected chi connectivity index (χ1v) is 9.51. The number of fused-ring (bicyclic) bond motifs is 1. The molecule has 7 nitrogen and oxygen atoms in total. The summed E-state index contributed by atoms with van der Waals surface area (Å²) in [4.78, 5) is 50.6. The number of amides is 3. The molecule has 2 aromatic carbocycles. The van der Waals surface area contributed by atoms with E-state index < -0.39 is 17.4 Å². The van der Waals surface area contributed by atoms with E-state index in [-0.39, 0.29) is 18.4 Å². The molecule has 1 aliphatic heterocycles. The average Bonchev–Trinajstić information content (AvgIpc) is 3.29. The van der Waals surface area contributed by atoms with E-state index in [0.717, 1.165) is 17.7 Å². The van der Waals surface area contributed by atoms with Crippen molar-refractivity contribution in [1.29, 1.82) is 0 Å². The summed E-state index contributed by atoms with van der Waals surface area (Å²) in [6.45, 7) is 0.0392. The van der Waals surface area contributed by atoms with Gasteiger partial charge in [-0.05, 0) is 42.7 Å². The molecule has 2 N–H and O–H groups in total. The molecule has 29 heavy (non-hydrogen) atoms. The summed E-state index contributed by atoms with van der Waals surface area (Å²) in [5, 5.41) is 12.2. The summed E-state index contributed by atoms with van der Waals surface area (Å²) >= 11 is 0. The van der Waals surface area contributed by atoms with Crippen LogP contribution in [0, 0.1) is 0 Å². The molecule has 0 radical (unpaired) electrons. The Labute approximate surface area is 167 Å². The maximum absolute atomic E-state index is 12.7. The minimum Gasteiger partial charge on any atom is -0.480 e. The van der Waals surface area contributed by atoms with Crippen molar-refractivity contribution in [2.45, 2.75) is 37.8 Å². The number of nitrogens with zero attached hydrogens (tertiary/aromatic N) is 1. The smallest absolute Gasteiger partial charge is 0.329 e. The quantitative estimate of drug-likeness (QED) is 0.762. The van der Waals surface area contributed by atoms with Crippen molar-refractivity contribution in [3.05, 3.63) is 70.8 Å². The molecule has 3 amide bonds. The standard InChI is InChI=1S/C22H20N2O5/c25-18(23-22(21(28)29)10-3-4-11-22)15-7-5-6-14(12-15)13-24-19(26)16-8-1-2-9-17(16)20(24)27/h1-2,5-9,12H,3-4,10-11,13H2,(H,23,25)(H,28,29). The van der Waals surface area contributed by atoms with Gasteiger partial charge in [0.2, 0.25) is 0 Å². The molecular weight excluding hydrogens is 372 g/mol. The van der Waals surface area contributed by atoms with E-state index in [0.29, 0.717) is 35.1 Å². The molecule has 0 bridgehead atoms. The molecule has 7 heteroatoms. The van der Waals surface area contributed by atoms with Crippen LogP contribution in [0.2, 0.25) is 0 Å². The SMILES string of the molecule is O=C(NC1(C(=O)O)CCCC1)c1cccc(CN2C(=O)c3ccccc3C2=O)c1. The Hall–Kier alpha value is -3.48. The highest BCUT2D eigenvalue weighted by Gasteiger charge is 2.42. The normalized spacial score (nSPS) is 17.3. The Morgan fingerprint density at radius 2 is 1.59 bits per heavy atom. The van der Waals surface area contributed by atoms with E-state index in [1.807, 2.05) is 0 Å². The van der Waals surface area contributed by atoms with Crippen LogP contribution >= 0.6 is 0 Å². The average molecular weight is 392 g/mol. The number of carboxylic acid groups (broad SMARTS) is 1. The Morgan fingerprint density at radius 3 is 2.17 bits per heavy atom. The zero-order chi connectivity index (χ0) is 20.6. The van der Waals surface area contributed by atoms with Crippen molar-refractivity contribution in [1.82, 2.24) is 10.2 Å². The molecule has 0 unspecified atom stereocenters. The van der Waals surface area contributed by atoms with Crippen molar-refractivity contribution >= 4 is 23.7 Å². The highest BCUT2D eigenvalue weighted by atomic mass is 16.4. The molecule has 1 heterocycles. The molecular formula is C22H20N2O5. The molecule has 0 saturated heterocycles. The van der Waals surface area contributed by atoms with Gasteiger partial charge in [-0.2, -0.15) is 0 Å². The Kier molecular flexibility index (Phi) is 4.66. The van der Waals surface area contributed by atoms with Crippen LogP contribution in [-0.4, -0.2) is 39.2 Å². The number of benzene rings is 2. The van der Waals surface area contributed by atoms with Gasteiger partial charge in [-0.25, -0.2) is 4.79 Å². The van der Waals surface area contributed by atoms with Crippen molar-refractivity contribution < 1.29 is 24.3 Å². The van der Waals surface area contributed by atoms with E-state index in [1.54, 1.807) is 48.5 Å². The predicted molar refractivity (Wildman–Crippen MR) is 103 cm³/mol. The van der Waals surface area contributed by atoms with Crippen LogP contribution in [0.15, 0.2) is 48.5 Å². The van der Waals surface area contributed by atoms with Gasteiger partial charge in [-0.1, -0.05) is 37.1 Å². The van der Waals surface area contributed by atoms with Crippen LogP contribution in [0.25, 0.3) is 0 Å². The van der Waals surface area contributed by atoms with Gasteiger partial charge in [0.05, 0.1) is 17.7 Å². The molecule has 4 rings (SSSR count). The Balaban J connectivity index is 1.53. The molecule has 1 fully saturated rings. The maximum atomic E-state index is 12.7. The topological polar surface area (TPSA) is 104 Å². The van der Waals surface area contributed by atoms with Gasteiger partial charge in [0.25, 0.3) is 17.7 Å². The van der Waals surface area contributed by atoms with Crippen LogP contribution in [0.5, 0.6) is 0 Å². The number of rotatable bonds is 5. The third kappa shape index (κ3) is 3.29. The van der Waals surface area contributed by atoms with Gasteiger partial charge >= 0.3 is 5.97 Å². The van der Waals surface area contributed by atoms with E-state index in [9.17, 15) is 24.3 Å². The number of imide groups is 1. The van der Waals surface area contributed by atoms with Crippen LogP contribution in [-0.2, 0) is 11.3 Å². The minimum absolute atomic E-state index is 0.0392. The van der Waals surface area contributed by atoms with Crippen LogP contribution in [0.4, 0.5) is 0 Å². The number of carbonyl (C=O) groups excluding carboxylic acids is 3. The van der Waals surface area contributed by atoms with Gasteiger partial charge in [0.1, 0.15) is 5.54 Å². The summed E-state index contributed by atoms with van der Waals surface area (Å²) in [5.74, 6) is -2.23. The summed E-state index contributed by atoms with van der Waals surface area (Å²) in [7, 11) is 0. The molecule has 148 valence electrons. The number of nitrogens with one attached hydrogen (secondary N) is 1. The lowest BCUT2D eigenvalue weighted by Crippen LogP contribution is -2.52. The van der Waals surface area contributed by atoms with Crippen LogP contribution in [0.1, 0.15) is 62.3 Å². The van der Waals surface area contributed by atoms with Crippen molar-refractivity contribution in [2.75, 3.05) is 0 Å². The summed E-state index contributed by atoms with van der Waals surface area (Å²) in [6.07, 6.45) is 2.32. The second kappa shape index (κ2) is 7.16. The van der Waals surface area contributed by atoms with Crippen molar-refractivity contribution in [3.8, 4) is 0 Å². The van der Waals surface area contributed by atoms with Gasteiger partial charge < -0.3 is 10.4 Å². The van der Waals surface area contributed by atoms with E-state index in [4.69, 9.17) is 0 Å². The third-order valence-corrected chi connectivity index (χ3v) is 5.63. The van der Waals surface area contributed by atoms with Gasteiger partial charge in [0, 0.05) is 5.56 Å². The second-order valence-electron chi connectivity index (χ2n) is 7.49.